The van der Waals surface area contributed by atoms with Crippen LogP contribution < -0.4 is 10.1 Å². The smallest absolute Gasteiger partial charge is 0.255 e. The van der Waals surface area contributed by atoms with Crippen molar-refractivity contribution in [1.82, 2.24) is 24.6 Å². The van der Waals surface area contributed by atoms with Gasteiger partial charge in [0.25, 0.3) is 5.78 Å². The molecule has 3 heterocycles. The topological polar surface area (TPSA) is 101 Å². The SMILES string of the molecule is CSc1nc2nc(Nc3ccc(Oc4ccncc4)cc3)nn2c(-c2ccc(C)cc2)c1C#N. The molecule has 0 aliphatic heterocycles. The standard InChI is InChI=1S/C25H19N7OS/c1-16-3-5-17(6-4-16)22-21(15-26)23(34-2)29-25-30-24(31-32(22)25)28-18-7-9-19(10-8-18)33-20-11-13-27-14-12-20/h3-14H,1-2H3,(H,28,31). The Bertz CT molecular complexity index is 1490. The van der Waals surface area contributed by atoms with Crippen molar-refractivity contribution < 1.29 is 4.74 Å². The third-order valence-electron chi connectivity index (χ3n) is 5.08. The average Bonchev–Trinajstić information content (AvgIpc) is 3.27. The van der Waals surface area contributed by atoms with Crippen molar-refractivity contribution in [1.29, 1.82) is 5.26 Å². The van der Waals surface area contributed by atoms with Crippen molar-refractivity contribution in [3.8, 4) is 28.8 Å². The number of pyridine rings is 1. The van der Waals surface area contributed by atoms with Gasteiger partial charge in [-0.05, 0) is 49.6 Å². The molecule has 0 aliphatic rings. The predicted octanol–water partition coefficient (Wildman–Crippen LogP) is 5.62. The molecular formula is C25H19N7OS. The zero-order valence-corrected chi connectivity index (χ0v) is 19.2. The van der Waals surface area contributed by atoms with E-state index in [1.807, 2.05) is 61.7 Å². The lowest BCUT2D eigenvalue weighted by Gasteiger charge is -2.09. The number of aromatic nitrogens is 5. The molecule has 2 aromatic carbocycles. The second-order valence-corrected chi connectivity index (χ2v) is 8.20. The van der Waals surface area contributed by atoms with E-state index in [4.69, 9.17) is 4.74 Å². The van der Waals surface area contributed by atoms with E-state index in [0.717, 1.165) is 16.8 Å². The molecule has 0 atom stereocenters. The predicted molar refractivity (Wildman–Crippen MR) is 131 cm³/mol. The fourth-order valence-electron chi connectivity index (χ4n) is 3.44. The number of ether oxygens (including phenoxy) is 1. The molecule has 34 heavy (non-hydrogen) atoms. The molecule has 0 saturated carbocycles. The lowest BCUT2D eigenvalue weighted by atomic mass is 10.1. The summed E-state index contributed by atoms with van der Waals surface area (Å²) >= 11 is 1.41. The van der Waals surface area contributed by atoms with Crippen LogP contribution in [-0.2, 0) is 0 Å². The Morgan fingerprint density at radius 2 is 1.65 bits per heavy atom. The molecule has 5 aromatic rings. The van der Waals surface area contributed by atoms with Gasteiger partial charge in [0.2, 0.25) is 5.95 Å². The average molecular weight is 466 g/mol. The number of nitrogens with zero attached hydrogens (tertiary/aromatic N) is 6. The Hall–Kier alpha value is -4.42. The summed E-state index contributed by atoms with van der Waals surface area (Å²) in [6.45, 7) is 2.02. The maximum Gasteiger partial charge on any atom is 0.255 e. The molecule has 0 bridgehead atoms. The van der Waals surface area contributed by atoms with Crippen LogP contribution in [0.5, 0.6) is 11.5 Å². The summed E-state index contributed by atoms with van der Waals surface area (Å²) in [4.78, 5) is 13.1. The first-order chi connectivity index (χ1) is 16.6. The van der Waals surface area contributed by atoms with Crippen LogP contribution in [0, 0.1) is 18.3 Å². The highest BCUT2D eigenvalue weighted by Crippen LogP contribution is 2.31. The summed E-state index contributed by atoms with van der Waals surface area (Å²) in [5, 5.41) is 18.3. The first-order valence-electron chi connectivity index (χ1n) is 10.4. The van der Waals surface area contributed by atoms with Gasteiger partial charge in [-0.15, -0.1) is 16.9 Å². The molecule has 0 unspecified atom stereocenters. The van der Waals surface area contributed by atoms with Crippen molar-refractivity contribution >= 4 is 29.2 Å². The molecule has 0 radical (unpaired) electrons. The minimum atomic E-state index is 0.380. The van der Waals surface area contributed by atoms with Gasteiger partial charge in [0.1, 0.15) is 28.2 Å². The normalized spacial score (nSPS) is 10.7. The van der Waals surface area contributed by atoms with Gasteiger partial charge in [0.05, 0.1) is 5.69 Å². The second-order valence-electron chi connectivity index (χ2n) is 7.40. The fourth-order valence-corrected chi connectivity index (χ4v) is 3.96. The molecule has 8 nitrogen and oxygen atoms in total. The van der Waals surface area contributed by atoms with Gasteiger partial charge in [-0.1, -0.05) is 29.8 Å². The van der Waals surface area contributed by atoms with Crippen LogP contribution in [0.2, 0.25) is 0 Å². The lowest BCUT2D eigenvalue weighted by Crippen LogP contribution is -2.03. The molecular weight excluding hydrogens is 446 g/mol. The number of rotatable bonds is 6. The monoisotopic (exact) mass is 465 g/mol. The van der Waals surface area contributed by atoms with Crippen LogP contribution in [0.1, 0.15) is 11.1 Å². The van der Waals surface area contributed by atoms with Gasteiger partial charge in [0.15, 0.2) is 0 Å². The molecule has 0 saturated heterocycles. The highest BCUT2D eigenvalue weighted by atomic mass is 32.2. The lowest BCUT2D eigenvalue weighted by molar-refractivity contribution is 0.482. The van der Waals surface area contributed by atoms with Gasteiger partial charge in [-0.2, -0.15) is 14.8 Å². The van der Waals surface area contributed by atoms with Crippen molar-refractivity contribution in [2.45, 2.75) is 11.9 Å². The summed E-state index contributed by atoms with van der Waals surface area (Å²) in [5.41, 5.74) is 3.94. The number of nitriles is 1. The fraction of sp³-hybridized carbons (Fsp3) is 0.0800. The molecule has 0 spiro atoms. The van der Waals surface area contributed by atoms with Gasteiger partial charge < -0.3 is 10.1 Å². The summed E-state index contributed by atoms with van der Waals surface area (Å²) in [6.07, 6.45) is 5.25. The third kappa shape index (κ3) is 4.27. The van der Waals surface area contributed by atoms with Gasteiger partial charge in [-0.3, -0.25) is 4.98 Å². The van der Waals surface area contributed by atoms with E-state index in [-0.39, 0.29) is 0 Å². The molecule has 1 N–H and O–H groups in total. The molecule has 0 aliphatic carbocycles. The quantitative estimate of drug-likeness (QED) is 0.255. The third-order valence-corrected chi connectivity index (χ3v) is 5.76. The van der Waals surface area contributed by atoms with Crippen LogP contribution in [0.3, 0.4) is 0 Å². The molecule has 5 rings (SSSR count). The molecule has 3 aromatic heterocycles. The zero-order valence-electron chi connectivity index (χ0n) is 18.4. The van der Waals surface area contributed by atoms with Gasteiger partial charge in [0, 0.05) is 23.6 Å². The van der Waals surface area contributed by atoms with E-state index in [1.165, 1.54) is 11.8 Å². The number of nitrogens with one attached hydrogen (secondary N) is 1. The first kappa shape index (κ1) is 21.4. The van der Waals surface area contributed by atoms with E-state index in [0.29, 0.717) is 39.5 Å². The van der Waals surface area contributed by atoms with Crippen LogP contribution in [0.15, 0.2) is 78.1 Å². The number of fused-ring (bicyclic) bond motifs is 1. The largest absolute Gasteiger partial charge is 0.457 e. The summed E-state index contributed by atoms with van der Waals surface area (Å²) in [5.74, 6) is 2.21. The maximum absolute atomic E-state index is 9.88. The summed E-state index contributed by atoms with van der Waals surface area (Å²) in [7, 11) is 0. The van der Waals surface area contributed by atoms with E-state index in [2.05, 4.69) is 31.4 Å². The van der Waals surface area contributed by atoms with Crippen molar-refractivity contribution in [2.24, 2.45) is 0 Å². The Labute approximate surface area is 200 Å². The molecule has 9 heteroatoms. The Kier molecular flexibility index (Phi) is 5.81. The maximum atomic E-state index is 9.88. The van der Waals surface area contributed by atoms with Crippen molar-refractivity contribution in [2.75, 3.05) is 11.6 Å². The minimum Gasteiger partial charge on any atom is -0.457 e. The van der Waals surface area contributed by atoms with Crippen LogP contribution in [-0.4, -0.2) is 30.8 Å². The van der Waals surface area contributed by atoms with Crippen molar-refractivity contribution in [3.63, 3.8) is 0 Å². The number of aryl methyl sites for hydroxylation is 1. The van der Waals surface area contributed by atoms with E-state index >= 15 is 0 Å². The Balaban J connectivity index is 1.49. The first-order valence-corrected chi connectivity index (χ1v) is 11.6. The van der Waals surface area contributed by atoms with Crippen LogP contribution in [0.25, 0.3) is 17.0 Å². The minimum absolute atomic E-state index is 0.380. The number of hydrogen-bond acceptors (Lipinski definition) is 8. The highest BCUT2D eigenvalue weighted by Gasteiger charge is 2.19. The number of thioether (sulfide) groups is 1. The van der Waals surface area contributed by atoms with E-state index in [1.54, 1.807) is 29.0 Å². The number of hydrogen-bond donors (Lipinski definition) is 1. The second kappa shape index (κ2) is 9.21. The van der Waals surface area contributed by atoms with Gasteiger partial charge >= 0.3 is 0 Å². The van der Waals surface area contributed by atoms with Crippen LogP contribution in [0.4, 0.5) is 11.6 Å². The number of anilines is 2. The Morgan fingerprint density at radius 1 is 0.941 bits per heavy atom. The summed E-state index contributed by atoms with van der Waals surface area (Å²) < 4.78 is 7.43. The highest BCUT2D eigenvalue weighted by molar-refractivity contribution is 7.98. The zero-order chi connectivity index (χ0) is 23.5. The Morgan fingerprint density at radius 3 is 2.32 bits per heavy atom. The molecule has 0 amide bonds. The van der Waals surface area contributed by atoms with Crippen molar-refractivity contribution in [3.05, 3.63) is 84.2 Å². The molecule has 0 fully saturated rings. The van der Waals surface area contributed by atoms with E-state index < -0.39 is 0 Å². The van der Waals surface area contributed by atoms with E-state index in [9.17, 15) is 5.26 Å². The van der Waals surface area contributed by atoms with Gasteiger partial charge in [-0.25, -0.2) is 4.98 Å². The number of benzene rings is 2. The summed E-state index contributed by atoms with van der Waals surface area (Å²) in [6, 6.07) is 21.3. The molecule has 166 valence electrons. The van der Waals surface area contributed by atoms with Crippen LogP contribution >= 0.6 is 11.8 Å².